The quantitative estimate of drug-likeness (QED) is 0.689. The van der Waals surface area contributed by atoms with Gasteiger partial charge in [-0.3, -0.25) is 4.79 Å². The topological polar surface area (TPSA) is 66.9 Å². The summed E-state index contributed by atoms with van der Waals surface area (Å²) >= 11 is 0. The molecular formula is C19H23FN2O4S. The third kappa shape index (κ3) is 5.77. The van der Waals surface area contributed by atoms with Gasteiger partial charge in [-0.05, 0) is 48.9 Å². The fourth-order valence-electron chi connectivity index (χ4n) is 2.31. The molecule has 27 heavy (non-hydrogen) atoms. The maximum Gasteiger partial charge on any atom is 0.243 e. The van der Waals surface area contributed by atoms with E-state index in [2.05, 4.69) is 0 Å². The van der Waals surface area contributed by atoms with Crippen molar-refractivity contribution in [3.05, 3.63) is 59.9 Å². The largest absolute Gasteiger partial charge is 0.492 e. The molecule has 0 aliphatic carbocycles. The van der Waals surface area contributed by atoms with E-state index in [-0.39, 0.29) is 17.3 Å². The highest BCUT2D eigenvalue weighted by Crippen LogP contribution is 2.15. The van der Waals surface area contributed by atoms with Crippen molar-refractivity contribution in [2.24, 2.45) is 0 Å². The lowest BCUT2D eigenvalue weighted by atomic mass is 10.2. The summed E-state index contributed by atoms with van der Waals surface area (Å²) in [6.07, 6.45) is 0. The first kappa shape index (κ1) is 20.9. The highest BCUT2D eigenvalue weighted by molar-refractivity contribution is 7.89. The molecular weight excluding hydrogens is 371 g/mol. The maximum atomic E-state index is 13.0. The van der Waals surface area contributed by atoms with E-state index in [9.17, 15) is 17.6 Å². The fourth-order valence-corrected chi connectivity index (χ4v) is 3.43. The van der Waals surface area contributed by atoms with E-state index in [1.165, 1.54) is 24.1 Å². The first-order valence-electron chi connectivity index (χ1n) is 8.35. The Hall–Kier alpha value is -2.45. The van der Waals surface area contributed by atoms with Gasteiger partial charge < -0.3 is 9.64 Å². The van der Waals surface area contributed by atoms with E-state index < -0.39 is 15.8 Å². The molecule has 0 bridgehead atoms. The molecule has 0 spiro atoms. The number of sulfonamides is 1. The van der Waals surface area contributed by atoms with Crippen LogP contribution in [0.3, 0.4) is 0 Å². The molecule has 146 valence electrons. The van der Waals surface area contributed by atoms with Gasteiger partial charge in [0.25, 0.3) is 0 Å². The predicted octanol–water partition coefficient (Wildman–Crippen LogP) is 2.29. The van der Waals surface area contributed by atoms with E-state index in [1.54, 1.807) is 7.05 Å². The van der Waals surface area contributed by atoms with Crippen LogP contribution in [0.25, 0.3) is 0 Å². The Kier molecular flexibility index (Phi) is 6.92. The molecule has 0 saturated heterocycles. The van der Waals surface area contributed by atoms with Gasteiger partial charge in [-0.1, -0.05) is 12.1 Å². The number of aryl methyl sites for hydroxylation is 1. The molecule has 1 amide bonds. The lowest BCUT2D eigenvalue weighted by Gasteiger charge is -2.22. The highest BCUT2D eigenvalue weighted by Gasteiger charge is 2.24. The van der Waals surface area contributed by atoms with Crippen molar-refractivity contribution in [1.82, 2.24) is 9.21 Å². The number of carbonyl (C=O) groups is 1. The summed E-state index contributed by atoms with van der Waals surface area (Å²) in [5.41, 5.74) is 1.07. The van der Waals surface area contributed by atoms with Crippen molar-refractivity contribution in [2.75, 3.05) is 33.8 Å². The first-order valence-corrected chi connectivity index (χ1v) is 9.79. The second kappa shape index (κ2) is 8.96. The number of hydrogen-bond donors (Lipinski definition) is 0. The second-order valence-electron chi connectivity index (χ2n) is 6.20. The third-order valence-corrected chi connectivity index (χ3v) is 5.81. The molecule has 0 unspecified atom stereocenters. The molecule has 8 heteroatoms. The van der Waals surface area contributed by atoms with Crippen molar-refractivity contribution in [1.29, 1.82) is 0 Å². The van der Waals surface area contributed by atoms with E-state index in [0.29, 0.717) is 18.9 Å². The molecule has 6 nitrogen and oxygen atoms in total. The molecule has 0 heterocycles. The van der Waals surface area contributed by atoms with Crippen molar-refractivity contribution < 1.29 is 22.3 Å². The van der Waals surface area contributed by atoms with E-state index in [1.807, 2.05) is 31.2 Å². The predicted molar refractivity (Wildman–Crippen MR) is 101 cm³/mol. The van der Waals surface area contributed by atoms with Crippen molar-refractivity contribution in [3.8, 4) is 5.75 Å². The summed E-state index contributed by atoms with van der Waals surface area (Å²) in [5.74, 6) is -0.177. The Morgan fingerprint density at radius 3 is 2.41 bits per heavy atom. The van der Waals surface area contributed by atoms with Gasteiger partial charge >= 0.3 is 0 Å². The van der Waals surface area contributed by atoms with Gasteiger partial charge in [-0.2, -0.15) is 4.31 Å². The van der Waals surface area contributed by atoms with Crippen LogP contribution < -0.4 is 4.74 Å². The first-order chi connectivity index (χ1) is 12.7. The third-order valence-electron chi connectivity index (χ3n) is 3.99. The van der Waals surface area contributed by atoms with Crippen LogP contribution in [0.4, 0.5) is 4.39 Å². The summed E-state index contributed by atoms with van der Waals surface area (Å²) in [4.78, 5) is 13.6. The van der Waals surface area contributed by atoms with Crippen LogP contribution in [0, 0.1) is 12.7 Å². The van der Waals surface area contributed by atoms with Crippen LogP contribution in [-0.2, 0) is 14.8 Å². The Bertz CT molecular complexity index is 885. The van der Waals surface area contributed by atoms with E-state index in [4.69, 9.17) is 4.74 Å². The zero-order valence-electron chi connectivity index (χ0n) is 15.6. The highest BCUT2D eigenvalue weighted by atomic mass is 32.2. The molecule has 0 aromatic heterocycles. The molecule has 0 atom stereocenters. The van der Waals surface area contributed by atoms with E-state index in [0.717, 1.165) is 22.0 Å². The van der Waals surface area contributed by atoms with Gasteiger partial charge in [-0.15, -0.1) is 0 Å². The lowest BCUT2D eigenvalue weighted by molar-refractivity contribution is -0.130. The average molecular weight is 394 g/mol. The number of carbonyl (C=O) groups excluding carboxylic acids is 1. The average Bonchev–Trinajstić information content (AvgIpc) is 2.62. The zero-order chi connectivity index (χ0) is 20.0. The Balaban J connectivity index is 1.88. The lowest BCUT2D eigenvalue weighted by Crippen LogP contribution is -2.40. The number of likely N-dealkylation sites (N-methyl/N-ethyl adjacent to an activating group) is 2. The summed E-state index contributed by atoms with van der Waals surface area (Å²) in [5, 5.41) is 0. The normalized spacial score (nSPS) is 11.4. The van der Waals surface area contributed by atoms with Gasteiger partial charge in [0.05, 0.1) is 18.0 Å². The maximum absolute atomic E-state index is 13.0. The van der Waals surface area contributed by atoms with Gasteiger partial charge in [-0.25, -0.2) is 12.8 Å². The Morgan fingerprint density at radius 1 is 1.11 bits per heavy atom. The summed E-state index contributed by atoms with van der Waals surface area (Å²) in [6, 6.07) is 12.0. The molecule has 0 aliphatic heterocycles. The van der Waals surface area contributed by atoms with Gasteiger partial charge in [0.15, 0.2) is 0 Å². The van der Waals surface area contributed by atoms with Gasteiger partial charge in [0, 0.05) is 14.1 Å². The van der Waals surface area contributed by atoms with Gasteiger partial charge in [0.1, 0.15) is 18.2 Å². The van der Waals surface area contributed by atoms with Crippen LogP contribution >= 0.6 is 0 Å². The second-order valence-corrected chi connectivity index (χ2v) is 8.24. The molecule has 0 N–H and O–H groups in total. The molecule has 0 radical (unpaired) electrons. The smallest absolute Gasteiger partial charge is 0.243 e. The molecule has 2 rings (SSSR count). The monoisotopic (exact) mass is 394 g/mol. The fraction of sp³-hybridized carbons (Fsp3) is 0.316. The number of nitrogens with zero attached hydrogens (tertiary/aromatic N) is 2. The van der Waals surface area contributed by atoms with Crippen LogP contribution in [0.15, 0.2) is 53.4 Å². The molecule has 0 saturated carbocycles. The number of amides is 1. The summed E-state index contributed by atoms with van der Waals surface area (Å²) < 4.78 is 44.4. The number of hydrogen-bond acceptors (Lipinski definition) is 4. The minimum Gasteiger partial charge on any atom is -0.492 e. The molecule has 0 fully saturated rings. The number of benzene rings is 2. The number of rotatable bonds is 8. The van der Waals surface area contributed by atoms with Crippen molar-refractivity contribution in [3.63, 3.8) is 0 Å². The zero-order valence-corrected chi connectivity index (χ0v) is 16.4. The van der Waals surface area contributed by atoms with Crippen molar-refractivity contribution in [2.45, 2.75) is 11.8 Å². The summed E-state index contributed by atoms with van der Waals surface area (Å²) in [7, 11) is -0.968. The summed E-state index contributed by atoms with van der Waals surface area (Å²) in [6.45, 7) is 2.25. The van der Waals surface area contributed by atoms with Crippen LogP contribution in [-0.4, -0.2) is 57.3 Å². The standard InChI is InChI=1S/C19H23FN2O4S/c1-15-5-4-6-17(13-15)26-12-11-21(2)19(23)14-22(3)27(24,25)18-9-7-16(20)8-10-18/h4-10,13H,11-12,14H2,1-3H3. The Morgan fingerprint density at radius 2 is 1.78 bits per heavy atom. The minimum absolute atomic E-state index is 0.0652. The Labute approximate surface area is 159 Å². The van der Waals surface area contributed by atoms with Crippen LogP contribution in [0.5, 0.6) is 5.75 Å². The number of ether oxygens (including phenoxy) is 1. The minimum atomic E-state index is -3.86. The van der Waals surface area contributed by atoms with Crippen molar-refractivity contribution >= 4 is 15.9 Å². The SMILES string of the molecule is Cc1cccc(OCCN(C)C(=O)CN(C)S(=O)(=O)c2ccc(F)cc2)c1. The number of halogens is 1. The van der Waals surface area contributed by atoms with E-state index >= 15 is 0 Å². The molecule has 2 aromatic carbocycles. The van der Waals surface area contributed by atoms with Gasteiger partial charge in [0.2, 0.25) is 15.9 Å². The van der Waals surface area contributed by atoms with Crippen LogP contribution in [0.1, 0.15) is 5.56 Å². The van der Waals surface area contributed by atoms with Crippen LogP contribution in [0.2, 0.25) is 0 Å². The molecule has 0 aliphatic rings. The molecule has 2 aromatic rings.